The maximum Gasteiger partial charge on any atom is 0.410 e. The van der Waals surface area contributed by atoms with Gasteiger partial charge in [0.1, 0.15) is 5.60 Å². The molecule has 0 bridgehead atoms. The molecule has 3 N–H and O–H groups in total. The van der Waals surface area contributed by atoms with E-state index in [4.69, 9.17) is 13.8 Å². The lowest BCUT2D eigenvalue weighted by atomic mass is 9.84. The summed E-state index contributed by atoms with van der Waals surface area (Å²) in [5.74, 6) is 1.49. The molecular formula is C41H66N6O8. The van der Waals surface area contributed by atoms with Gasteiger partial charge < -0.3 is 29.3 Å². The highest BCUT2D eigenvalue weighted by Gasteiger charge is 2.37. The second kappa shape index (κ2) is 21.1. The van der Waals surface area contributed by atoms with E-state index in [0.717, 1.165) is 76.2 Å². The Hall–Kier alpha value is -3.55. The fourth-order valence-electron chi connectivity index (χ4n) is 8.89. The average molecular weight is 771 g/mol. The molecule has 2 unspecified atom stereocenters. The van der Waals surface area contributed by atoms with Crippen molar-refractivity contribution in [3.63, 3.8) is 0 Å². The first-order valence-corrected chi connectivity index (χ1v) is 21.3. The Morgan fingerprint density at radius 1 is 0.745 bits per heavy atom. The van der Waals surface area contributed by atoms with Crippen LogP contribution in [-0.4, -0.2) is 72.1 Å². The number of carboxylic acid groups (broad SMARTS) is 2. The van der Waals surface area contributed by atoms with Crippen molar-refractivity contribution in [1.82, 2.24) is 30.5 Å². The Balaban J connectivity index is 0.000000218. The van der Waals surface area contributed by atoms with Crippen LogP contribution in [0.15, 0.2) is 9.05 Å². The quantitative estimate of drug-likeness (QED) is 0.146. The number of aromatic nitrogens is 4. The first-order chi connectivity index (χ1) is 26.4. The highest BCUT2D eigenvalue weighted by molar-refractivity contribution is 5.69. The topological polar surface area (TPSA) is 194 Å². The van der Waals surface area contributed by atoms with Crippen LogP contribution in [0.2, 0.25) is 0 Å². The number of carbonyl (C=O) groups excluding carboxylic acids is 1. The summed E-state index contributed by atoms with van der Waals surface area (Å²) in [6.07, 6.45) is 22.6. The van der Waals surface area contributed by atoms with Gasteiger partial charge in [-0.3, -0.25) is 14.5 Å². The Kier molecular flexibility index (Phi) is 16.3. The molecule has 0 spiro atoms. The van der Waals surface area contributed by atoms with Gasteiger partial charge in [-0.05, 0) is 77.7 Å². The van der Waals surface area contributed by atoms with Crippen molar-refractivity contribution in [2.45, 2.75) is 192 Å². The standard InChI is InChI=1S/C23H37N3O5.C18H29N3O3/c1-23(2,3)30-22(29)26-14-8-13-18(26)20-24-21(31-25-20)17(15-19(27)28)12-7-11-16-9-5-4-6-10-16;22-16(23)12-14(9-4-8-13-6-2-1-3-7-13)18-20-17(21-24-18)15-10-5-11-19-15/h16-18H,4-15H2,1-3H3,(H,27,28);13-15,19H,1-12H2,(H,22,23)/t17-,18?;14-,15?/m11/s1. The van der Waals surface area contributed by atoms with Crippen molar-refractivity contribution in [2.75, 3.05) is 13.1 Å². The number of carbonyl (C=O) groups is 3. The number of carboxylic acids is 2. The second-order valence-corrected chi connectivity index (χ2v) is 17.4. The SMILES string of the molecule is CC(C)(C)OC(=O)N1CCCC1c1noc([C@H](CCCC2CCCCC2)CC(=O)O)n1.O=C(O)C[C@@H](CCCC1CCCCC1)c1nc(C2CCCN2)no1. The van der Waals surface area contributed by atoms with Crippen molar-refractivity contribution in [1.29, 1.82) is 0 Å². The van der Waals surface area contributed by atoms with Crippen molar-refractivity contribution in [3.05, 3.63) is 23.4 Å². The Morgan fingerprint density at radius 2 is 1.27 bits per heavy atom. The molecule has 2 aliphatic heterocycles. The van der Waals surface area contributed by atoms with Gasteiger partial charge in [0.15, 0.2) is 11.6 Å². The Labute approximate surface area is 326 Å². The number of nitrogens with one attached hydrogen (secondary N) is 1. The van der Waals surface area contributed by atoms with Gasteiger partial charge in [0.05, 0.1) is 24.9 Å². The predicted molar refractivity (Wildman–Crippen MR) is 204 cm³/mol. The number of hydrogen-bond acceptors (Lipinski definition) is 11. The van der Waals surface area contributed by atoms with Crippen molar-refractivity contribution in [3.8, 4) is 0 Å². The van der Waals surface area contributed by atoms with Crippen LogP contribution >= 0.6 is 0 Å². The number of nitrogens with zero attached hydrogens (tertiary/aromatic N) is 5. The molecule has 14 heteroatoms. The highest BCUT2D eigenvalue weighted by Crippen LogP contribution is 2.35. The summed E-state index contributed by atoms with van der Waals surface area (Å²) in [4.78, 5) is 45.9. The highest BCUT2D eigenvalue weighted by atomic mass is 16.6. The lowest BCUT2D eigenvalue weighted by Gasteiger charge is -2.27. The first kappa shape index (κ1) is 42.6. The minimum absolute atomic E-state index is 0.0211. The van der Waals surface area contributed by atoms with E-state index in [1.165, 1.54) is 70.6 Å². The summed E-state index contributed by atoms with van der Waals surface area (Å²) in [5.41, 5.74) is -0.572. The van der Waals surface area contributed by atoms with Gasteiger partial charge in [-0.1, -0.05) is 100 Å². The third-order valence-electron chi connectivity index (χ3n) is 11.8. The zero-order valence-corrected chi connectivity index (χ0v) is 33.5. The molecule has 0 radical (unpaired) electrons. The average Bonchev–Trinajstić information content (AvgIpc) is 3.98. The van der Waals surface area contributed by atoms with Crippen LogP contribution in [0, 0.1) is 11.8 Å². The van der Waals surface area contributed by atoms with E-state index in [1.807, 2.05) is 20.8 Å². The molecule has 14 nitrogen and oxygen atoms in total. The Morgan fingerprint density at radius 3 is 1.76 bits per heavy atom. The molecule has 0 aromatic carbocycles. The zero-order chi connectivity index (χ0) is 39.2. The number of aliphatic carboxylic acids is 2. The van der Waals surface area contributed by atoms with E-state index < -0.39 is 17.5 Å². The molecule has 4 fully saturated rings. The van der Waals surface area contributed by atoms with Crippen molar-refractivity contribution in [2.24, 2.45) is 11.8 Å². The largest absolute Gasteiger partial charge is 0.481 e. The number of likely N-dealkylation sites (tertiary alicyclic amines) is 1. The molecule has 308 valence electrons. The maximum absolute atomic E-state index is 12.6. The van der Waals surface area contributed by atoms with Crippen LogP contribution in [-0.2, 0) is 14.3 Å². The third kappa shape index (κ3) is 13.9. The summed E-state index contributed by atoms with van der Waals surface area (Å²) in [7, 11) is 0. The lowest BCUT2D eigenvalue weighted by molar-refractivity contribution is -0.138. The van der Waals surface area contributed by atoms with Gasteiger partial charge in [-0.25, -0.2) is 4.79 Å². The van der Waals surface area contributed by atoms with Crippen molar-refractivity contribution < 1.29 is 38.4 Å². The van der Waals surface area contributed by atoms with Crippen LogP contribution in [0.1, 0.15) is 209 Å². The van der Waals surface area contributed by atoms with Gasteiger partial charge in [-0.15, -0.1) is 0 Å². The molecule has 1 amide bonds. The van der Waals surface area contributed by atoms with Crippen LogP contribution in [0.3, 0.4) is 0 Å². The number of rotatable bonds is 16. The normalized spacial score (nSPS) is 22.2. The summed E-state index contributed by atoms with van der Waals surface area (Å²) in [6.45, 7) is 7.09. The minimum Gasteiger partial charge on any atom is -0.481 e. The summed E-state index contributed by atoms with van der Waals surface area (Å²) >= 11 is 0. The number of hydrogen-bond donors (Lipinski definition) is 3. The van der Waals surface area contributed by atoms with E-state index in [2.05, 4.69) is 25.6 Å². The predicted octanol–water partition coefficient (Wildman–Crippen LogP) is 9.25. The van der Waals surface area contributed by atoms with Crippen LogP contribution in [0.25, 0.3) is 0 Å². The van der Waals surface area contributed by atoms with Gasteiger partial charge in [0.2, 0.25) is 11.8 Å². The molecule has 55 heavy (non-hydrogen) atoms. The zero-order valence-electron chi connectivity index (χ0n) is 33.5. The fourth-order valence-corrected chi connectivity index (χ4v) is 8.89. The van der Waals surface area contributed by atoms with Gasteiger partial charge in [0.25, 0.3) is 0 Å². The van der Waals surface area contributed by atoms with Crippen LogP contribution in [0.5, 0.6) is 0 Å². The monoisotopic (exact) mass is 770 g/mol. The minimum atomic E-state index is -0.862. The maximum atomic E-state index is 12.6. The lowest BCUT2D eigenvalue weighted by Crippen LogP contribution is -2.36. The van der Waals surface area contributed by atoms with Gasteiger partial charge in [0, 0.05) is 18.4 Å². The molecule has 2 aromatic heterocycles. The molecule has 4 heterocycles. The van der Waals surface area contributed by atoms with E-state index in [1.54, 1.807) is 4.90 Å². The summed E-state index contributed by atoms with van der Waals surface area (Å²) < 4.78 is 16.4. The third-order valence-corrected chi connectivity index (χ3v) is 11.8. The molecule has 4 aliphatic rings. The smallest absolute Gasteiger partial charge is 0.410 e. The van der Waals surface area contributed by atoms with E-state index >= 15 is 0 Å². The molecule has 4 atom stereocenters. The van der Waals surface area contributed by atoms with E-state index in [-0.39, 0.29) is 42.9 Å². The first-order valence-electron chi connectivity index (χ1n) is 21.3. The van der Waals surface area contributed by atoms with E-state index in [0.29, 0.717) is 30.0 Å². The molecule has 6 rings (SSSR count). The van der Waals surface area contributed by atoms with Crippen LogP contribution < -0.4 is 5.32 Å². The fraction of sp³-hybridized carbons (Fsp3) is 0.829. The molecular weight excluding hydrogens is 704 g/mol. The Bertz CT molecular complexity index is 1470. The number of amides is 1. The molecule has 2 saturated carbocycles. The van der Waals surface area contributed by atoms with Crippen LogP contribution in [0.4, 0.5) is 4.79 Å². The van der Waals surface area contributed by atoms with E-state index in [9.17, 15) is 24.6 Å². The molecule has 2 saturated heterocycles. The summed E-state index contributed by atoms with van der Waals surface area (Å²) in [5, 5.41) is 30.1. The van der Waals surface area contributed by atoms with Crippen molar-refractivity contribution >= 4 is 18.0 Å². The van der Waals surface area contributed by atoms with Gasteiger partial charge >= 0.3 is 18.0 Å². The molecule has 2 aliphatic carbocycles. The number of ether oxygens (including phenoxy) is 1. The second-order valence-electron chi connectivity index (χ2n) is 17.4. The molecule has 2 aromatic rings. The summed E-state index contributed by atoms with van der Waals surface area (Å²) in [6, 6.07) is -0.129. The van der Waals surface area contributed by atoms with Gasteiger partial charge in [-0.2, -0.15) is 9.97 Å².